The lowest BCUT2D eigenvalue weighted by Crippen LogP contribution is -2.37. The third-order valence-corrected chi connectivity index (χ3v) is 8.43. The number of amides is 1. The van der Waals surface area contributed by atoms with Crippen LogP contribution in [-0.2, 0) is 35.2 Å². The van der Waals surface area contributed by atoms with Crippen LogP contribution in [0.4, 0.5) is 5.00 Å². The second kappa shape index (κ2) is 10.2. The van der Waals surface area contributed by atoms with Crippen LogP contribution < -0.4 is 10.9 Å². The molecule has 2 aliphatic rings. The summed E-state index contributed by atoms with van der Waals surface area (Å²) in [7, 11) is 0. The van der Waals surface area contributed by atoms with Gasteiger partial charge in [-0.1, -0.05) is 6.42 Å². The number of esters is 1. The smallest absolute Gasteiger partial charge is 0.341 e. The van der Waals surface area contributed by atoms with Gasteiger partial charge in [0.05, 0.1) is 23.6 Å². The lowest BCUT2D eigenvalue weighted by Gasteiger charge is -2.20. The lowest BCUT2D eigenvalue weighted by molar-refractivity contribution is -0.118. The molecule has 0 fully saturated rings. The Kier molecular flexibility index (Phi) is 7.02. The Morgan fingerprint density at radius 2 is 1.86 bits per heavy atom. The van der Waals surface area contributed by atoms with E-state index in [-0.39, 0.29) is 18.1 Å². The number of hydrogen-bond donors (Lipinski definition) is 1. The fourth-order valence-electron chi connectivity index (χ4n) is 5.41. The lowest BCUT2D eigenvalue weighted by atomic mass is 10.1. The molecule has 2 aliphatic carbocycles. The molecule has 0 saturated heterocycles. The van der Waals surface area contributed by atoms with E-state index in [0.717, 1.165) is 72.5 Å². The summed E-state index contributed by atoms with van der Waals surface area (Å²) in [5.74, 6) is -0.456. The molecule has 5 rings (SSSR count). The molecule has 10 heteroatoms. The molecule has 37 heavy (non-hydrogen) atoms. The van der Waals surface area contributed by atoms with Crippen LogP contribution >= 0.6 is 11.3 Å². The van der Waals surface area contributed by atoms with E-state index in [4.69, 9.17) is 9.72 Å². The van der Waals surface area contributed by atoms with E-state index >= 15 is 0 Å². The summed E-state index contributed by atoms with van der Waals surface area (Å²) in [4.78, 5) is 46.2. The van der Waals surface area contributed by atoms with Crippen molar-refractivity contribution in [3.8, 4) is 5.95 Å². The maximum Gasteiger partial charge on any atom is 0.341 e. The van der Waals surface area contributed by atoms with Gasteiger partial charge in [-0.3, -0.25) is 14.2 Å². The molecule has 3 aromatic rings. The number of nitrogens with zero attached hydrogens (tertiary/aromatic N) is 4. The van der Waals surface area contributed by atoms with Crippen molar-refractivity contribution in [3.63, 3.8) is 0 Å². The number of anilines is 1. The largest absolute Gasteiger partial charge is 0.462 e. The summed E-state index contributed by atoms with van der Waals surface area (Å²) in [6.07, 6.45) is 7.10. The molecule has 3 aromatic heterocycles. The highest BCUT2D eigenvalue weighted by molar-refractivity contribution is 7.17. The Morgan fingerprint density at radius 1 is 1.11 bits per heavy atom. The van der Waals surface area contributed by atoms with Gasteiger partial charge < -0.3 is 10.1 Å². The minimum absolute atomic E-state index is 0.208. The first kappa shape index (κ1) is 25.4. The molecular weight excluding hydrogens is 490 g/mol. The highest BCUT2D eigenvalue weighted by Gasteiger charge is 2.31. The van der Waals surface area contributed by atoms with Crippen molar-refractivity contribution in [1.82, 2.24) is 19.3 Å². The van der Waals surface area contributed by atoms with Gasteiger partial charge in [0, 0.05) is 16.1 Å². The van der Waals surface area contributed by atoms with Crippen LogP contribution in [0.1, 0.15) is 89.0 Å². The number of nitrogens with one attached hydrogen (secondary N) is 1. The van der Waals surface area contributed by atoms with Gasteiger partial charge in [0.25, 0.3) is 5.56 Å². The minimum Gasteiger partial charge on any atom is -0.462 e. The number of ether oxygens (including phenoxy) is 1. The molecule has 0 aromatic carbocycles. The fourth-order valence-corrected chi connectivity index (χ4v) is 6.69. The Bertz CT molecular complexity index is 1430. The summed E-state index contributed by atoms with van der Waals surface area (Å²) in [6.45, 7) is 7.51. The number of thiophene rings is 1. The number of aryl methyl sites for hydroxylation is 4. The molecule has 0 aliphatic heterocycles. The standard InChI is InChI=1S/C27H33N5O4S/c1-5-36-26(35)22-19-10-7-6-8-13-21(19)37-24(22)29-23(33)17(4)31-25(34)18-11-9-12-20(18)28-27(31)32-16(3)14-15(2)30-32/h14,17H,5-13H2,1-4H3,(H,29,33). The predicted octanol–water partition coefficient (Wildman–Crippen LogP) is 4.24. The molecule has 3 heterocycles. The van der Waals surface area contributed by atoms with Crippen molar-refractivity contribution in [3.05, 3.63) is 55.1 Å². The highest BCUT2D eigenvalue weighted by atomic mass is 32.1. The Hall–Kier alpha value is -3.27. The van der Waals surface area contributed by atoms with Crippen molar-refractivity contribution in [1.29, 1.82) is 0 Å². The first-order valence-corrected chi connectivity index (χ1v) is 13.9. The number of hydrogen-bond acceptors (Lipinski definition) is 7. The first-order valence-electron chi connectivity index (χ1n) is 13.1. The number of fused-ring (bicyclic) bond motifs is 2. The molecule has 0 radical (unpaired) electrons. The summed E-state index contributed by atoms with van der Waals surface area (Å²) in [5.41, 5.74) is 4.32. The molecule has 0 spiro atoms. The summed E-state index contributed by atoms with van der Waals surface area (Å²) in [6, 6.07) is 1.04. The molecule has 1 N–H and O–H groups in total. The third kappa shape index (κ3) is 4.63. The zero-order chi connectivity index (χ0) is 26.3. The van der Waals surface area contributed by atoms with Crippen molar-refractivity contribution in [2.75, 3.05) is 11.9 Å². The predicted molar refractivity (Wildman–Crippen MR) is 142 cm³/mol. The van der Waals surface area contributed by atoms with Gasteiger partial charge in [-0.25, -0.2) is 14.5 Å². The van der Waals surface area contributed by atoms with Crippen molar-refractivity contribution in [2.45, 2.75) is 85.1 Å². The summed E-state index contributed by atoms with van der Waals surface area (Å²) in [5, 5.41) is 8.03. The third-order valence-electron chi connectivity index (χ3n) is 7.22. The van der Waals surface area contributed by atoms with E-state index in [1.165, 1.54) is 15.9 Å². The normalized spacial score (nSPS) is 15.6. The second-order valence-electron chi connectivity index (χ2n) is 9.86. The van der Waals surface area contributed by atoms with E-state index in [9.17, 15) is 14.4 Å². The van der Waals surface area contributed by atoms with Crippen molar-refractivity contribution >= 4 is 28.2 Å². The first-order chi connectivity index (χ1) is 17.8. The fraction of sp³-hybridized carbons (Fsp3) is 0.519. The van der Waals surface area contributed by atoms with Crippen molar-refractivity contribution < 1.29 is 14.3 Å². The zero-order valence-corrected chi connectivity index (χ0v) is 22.7. The Morgan fingerprint density at radius 3 is 2.59 bits per heavy atom. The van der Waals surface area contributed by atoms with Gasteiger partial charge in [0.2, 0.25) is 11.9 Å². The van der Waals surface area contributed by atoms with Gasteiger partial charge in [-0.2, -0.15) is 5.10 Å². The van der Waals surface area contributed by atoms with Gasteiger partial charge in [0.1, 0.15) is 11.0 Å². The van der Waals surface area contributed by atoms with Crippen LogP contribution in [0.25, 0.3) is 5.95 Å². The summed E-state index contributed by atoms with van der Waals surface area (Å²) >= 11 is 1.45. The van der Waals surface area contributed by atoms with Gasteiger partial charge in [-0.05, 0) is 84.3 Å². The minimum atomic E-state index is -0.873. The quantitative estimate of drug-likeness (QED) is 0.382. The maximum absolute atomic E-state index is 13.7. The van der Waals surface area contributed by atoms with Crippen LogP contribution in [-0.4, -0.2) is 37.8 Å². The molecule has 1 atom stereocenters. The topological polar surface area (TPSA) is 108 Å². The molecule has 9 nitrogen and oxygen atoms in total. The Labute approximate surface area is 219 Å². The van der Waals surface area contributed by atoms with E-state index in [1.807, 2.05) is 19.9 Å². The molecule has 0 bridgehead atoms. The molecule has 1 amide bonds. The molecule has 196 valence electrons. The molecule has 1 unspecified atom stereocenters. The van der Waals surface area contributed by atoms with Crippen LogP contribution in [0.5, 0.6) is 0 Å². The van der Waals surface area contributed by atoms with E-state index < -0.39 is 12.0 Å². The van der Waals surface area contributed by atoms with Crippen molar-refractivity contribution in [2.24, 2.45) is 0 Å². The monoisotopic (exact) mass is 523 g/mol. The SMILES string of the molecule is CCOC(=O)c1c(NC(=O)C(C)n2c(-n3nc(C)cc3C)nc3c(c2=O)CCC3)sc2c1CCCCC2. The van der Waals surface area contributed by atoms with Gasteiger partial charge in [0.15, 0.2) is 0 Å². The van der Waals surface area contributed by atoms with E-state index in [2.05, 4.69) is 10.4 Å². The van der Waals surface area contributed by atoms with Gasteiger partial charge in [-0.15, -0.1) is 11.3 Å². The summed E-state index contributed by atoms with van der Waals surface area (Å²) < 4.78 is 8.44. The van der Waals surface area contributed by atoms with E-state index in [1.54, 1.807) is 18.5 Å². The van der Waals surface area contributed by atoms with Crippen LogP contribution in [0.15, 0.2) is 10.9 Å². The number of rotatable bonds is 6. The van der Waals surface area contributed by atoms with Gasteiger partial charge >= 0.3 is 5.97 Å². The zero-order valence-electron chi connectivity index (χ0n) is 21.8. The van der Waals surface area contributed by atoms with E-state index in [0.29, 0.717) is 28.5 Å². The maximum atomic E-state index is 13.7. The molecule has 0 saturated carbocycles. The van der Waals surface area contributed by atoms with Crippen LogP contribution in [0, 0.1) is 13.8 Å². The highest BCUT2D eigenvalue weighted by Crippen LogP contribution is 2.38. The number of aromatic nitrogens is 4. The van der Waals surface area contributed by atoms with Crippen LogP contribution in [0.3, 0.4) is 0 Å². The second-order valence-corrected chi connectivity index (χ2v) is 11.0. The number of carbonyl (C=O) groups excluding carboxylic acids is 2. The number of carbonyl (C=O) groups is 2. The Balaban J connectivity index is 1.55. The average molecular weight is 524 g/mol. The van der Waals surface area contributed by atoms with Crippen LogP contribution in [0.2, 0.25) is 0 Å². The average Bonchev–Trinajstić information content (AvgIpc) is 3.51. The molecular formula is C27H33N5O4S.